The van der Waals surface area contributed by atoms with Crippen molar-refractivity contribution in [3.63, 3.8) is 0 Å². The van der Waals surface area contributed by atoms with Crippen molar-refractivity contribution in [2.24, 2.45) is 0 Å². The minimum Gasteiger partial charge on any atom is -0.465 e. The minimum atomic E-state index is -2.73. The van der Waals surface area contributed by atoms with Crippen LogP contribution in [0.3, 0.4) is 0 Å². The molecular weight excluding hydrogens is 399 g/mol. The van der Waals surface area contributed by atoms with Crippen LogP contribution in [-0.2, 0) is 10.1 Å². The number of hydrogen-bond acceptors (Lipinski definition) is 3. The van der Waals surface area contributed by atoms with Gasteiger partial charge in [0.1, 0.15) is 9.26 Å². The van der Waals surface area contributed by atoms with Crippen molar-refractivity contribution in [3.8, 4) is 0 Å². The SMILES string of the molecule is COC(=O)c1c(C(F)F)cc(CBr)nc1I. The maximum atomic E-state index is 12.8. The Hall–Kier alpha value is -0.310. The highest BCUT2D eigenvalue weighted by Gasteiger charge is 2.23. The molecule has 0 aromatic carbocycles. The van der Waals surface area contributed by atoms with Gasteiger partial charge in [-0.05, 0) is 28.7 Å². The molecule has 0 aliphatic rings. The number of ether oxygens (including phenoxy) is 1. The van der Waals surface area contributed by atoms with Gasteiger partial charge in [0.2, 0.25) is 0 Å². The Bertz CT molecular complexity index is 415. The van der Waals surface area contributed by atoms with E-state index in [0.717, 1.165) is 7.11 Å². The number of pyridine rings is 1. The number of carbonyl (C=O) groups is 1. The molecular formula is C9H7BrF2INO2. The van der Waals surface area contributed by atoms with Crippen LogP contribution in [-0.4, -0.2) is 18.1 Å². The topological polar surface area (TPSA) is 39.2 Å². The van der Waals surface area contributed by atoms with Gasteiger partial charge in [-0.25, -0.2) is 18.6 Å². The number of nitrogens with zero attached hydrogens (tertiary/aromatic N) is 1. The van der Waals surface area contributed by atoms with E-state index in [-0.39, 0.29) is 14.8 Å². The molecule has 3 nitrogen and oxygen atoms in total. The molecule has 0 saturated carbocycles. The summed E-state index contributed by atoms with van der Waals surface area (Å²) < 4.78 is 30.2. The molecule has 7 heteroatoms. The Balaban J connectivity index is 3.39. The van der Waals surface area contributed by atoms with E-state index >= 15 is 0 Å². The first-order chi connectivity index (χ1) is 7.51. The summed E-state index contributed by atoms with van der Waals surface area (Å²) in [7, 11) is 1.14. The van der Waals surface area contributed by atoms with E-state index in [2.05, 4.69) is 25.7 Å². The van der Waals surface area contributed by atoms with E-state index in [1.165, 1.54) is 6.07 Å². The van der Waals surface area contributed by atoms with E-state index in [9.17, 15) is 13.6 Å². The molecule has 0 fully saturated rings. The highest BCUT2D eigenvalue weighted by atomic mass is 127. The number of methoxy groups -OCH3 is 1. The third-order valence-electron chi connectivity index (χ3n) is 1.82. The maximum Gasteiger partial charge on any atom is 0.341 e. The van der Waals surface area contributed by atoms with E-state index < -0.39 is 12.4 Å². The molecule has 1 rings (SSSR count). The van der Waals surface area contributed by atoms with Crippen molar-refractivity contribution in [2.75, 3.05) is 7.11 Å². The molecule has 0 unspecified atom stereocenters. The van der Waals surface area contributed by atoms with E-state index in [1.54, 1.807) is 22.6 Å². The highest BCUT2D eigenvalue weighted by molar-refractivity contribution is 14.1. The first-order valence-electron chi connectivity index (χ1n) is 4.13. The van der Waals surface area contributed by atoms with Gasteiger partial charge in [0.05, 0.1) is 12.8 Å². The van der Waals surface area contributed by atoms with Crippen LogP contribution < -0.4 is 0 Å². The summed E-state index contributed by atoms with van der Waals surface area (Å²) in [5, 5.41) is 0.351. The van der Waals surface area contributed by atoms with E-state index in [4.69, 9.17) is 0 Å². The molecule has 0 atom stereocenters. The van der Waals surface area contributed by atoms with Crippen LogP contribution in [0.4, 0.5) is 8.78 Å². The van der Waals surface area contributed by atoms with Crippen molar-refractivity contribution in [2.45, 2.75) is 11.8 Å². The summed E-state index contributed by atoms with van der Waals surface area (Å²) in [6, 6.07) is 1.20. The average molecular weight is 406 g/mol. The summed E-state index contributed by atoms with van der Waals surface area (Å²) >= 11 is 4.87. The summed E-state index contributed by atoms with van der Waals surface area (Å²) in [6.07, 6.45) is -2.73. The second-order valence-electron chi connectivity index (χ2n) is 2.79. The summed E-state index contributed by atoms with van der Waals surface area (Å²) in [5.41, 5.74) is -0.0594. The number of aromatic nitrogens is 1. The fraction of sp³-hybridized carbons (Fsp3) is 0.333. The number of rotatable bonds is 3. The van der Waals surface area contributed by atoms with Gasteiger partial charge >= 0.3 is 5.97 Å². The Kier molecular flexibility index (Phi) is 5.03. The van der Waals surface area contributed by atoms with Gasteiger partial charge in [-0.15, -0.1) is 0 Å². The standard InChI is InChI=1S/C9H7BrF2INO2/c1-16-9(15)6-5(7(11)12)2-4(3-10)14-8(6)13/h2,7H,3H2,1H3. The molecule has 1 aromatic rings. The fourth-order valence-corrected chi connectivity index (χ4v) is 2.26. The van der Waals surface area contributed by atoms with Crippen molar-refractivity contribution in [1.82, 2.24) is 4.98 Å². The zero-order valence-electron chi connectivity index (χ0n) is 8.14. The number of carbonyl (C=O) groups excluding carboxylic acids is 1. The van der Waals surface area contributed by atoms with Crippen LogP contribution >= 0.6 is 38.5 Å². The van der Waals surface area contributed by atoms with E-state index in [0.29, 0.717) is 11.0 Å². The summed E-state index contributed by atoms with van der Waals surface area (Å²) in [6.45, 7) is 0. The van der Waals surface area contributed by atoms with Gasteiger partial charge in [0.15, 0.2) is 0 Å². The molecule has 88 valence electrons. The molecule has 0 radical (unpaired) electrons. The Morgan fingerprint density at radius 1 is 1.69 bits per heavy atom. The lowest BCUT2D eigenvalue weighted by Gasteiger charge is -2.10. The Labute approximate surface area is 113 Å². The van der Waals surface area contributed by atoms with Crippen LogP contribution in [0.25, 0.3) is 0 Å². The molecule has 0 saturated heterocycles. The van der Waals surface area contributed by atoms with Gasteiger partial charge in [-0.1, -0.05) is 15.9 Å². The van der Waals surface area contributed by atoms with Crippen molar-refractivity contribution < 1.29 is 18.3 Å². The van der Waals surface area contributed by atoms with Gasteiger partial charge in [0.25, 0.3) is 6.43 Å². The Morgan fingerprint density at radius 2 is 2.31 bits per heavy atom. The summed E-state index contributed by atoms with van der Waals surface area (Å²) in [4.78, 5) is 15.4. The summed E-state index contributed by atoms with van der Waals surface area (Å²) in [5.74, 6) is -0.798. The lowest BCUT2D eigenvalue weighted by atomic mass is 10.1. The van der Waals surface area contributed by atoms with E-state index in [1.807, 2.05) is 0 Å². The van der Waals surface area contributed by atoms with Crippen molar-refractivity contribution in [1.29, 1.82) is 0 Å². The van der Waals surface area contributed by atoms with Crippen LogP contribution in [0.2, 0.25) is 0 Å². The van der Waals surface area contributed by atoms with Gasteiger partial charge in [-0.3, -0.25) is 0 Å². The molecule has 0 N–H and O–H groups in total. The van der Waals surface area contributed by atoms with Gasteiger partial charge < -0.3 is 4.74 Å². The first-order valence-corrected chi connectivity index (χ1v) is 6.33. The predicted molar refractivity (Wildman–Crippen MR) is 65.9 cm³/mol. The second-order valence-corrected chi connectivity index (χ2v) is 4.38. The molecule has 1 heterocycles. The molecule has 0 spiro atoms. The lowest BCUT2D eigenvalue weighted by molar-refractivity contribution is 0.0587. The third-order valence-corrected chi connectivity index (χ3v) is 3.18. The average Bonchev–Trinajstić information content (AvgIpc) is 2.26. The zero-order valence-corrected chi connectivity index (χ0v) is 11.9. The van der Waals surface area contributed by atoms with Crippen LogP contribution in [0, 0.1) is 3.70 Å². The molecule has 0 aliphatic heterocycles. The lowest BCUT2D eigenvalue weighted by Crippen LogP contribution is -2.11. The molecule has 0 bridgehead atoms. The van der Waals surface area contributed by atoms with Crippen LogP contribution in [0.1, 0.15) is 28.0 Å². The quantitative estimate of drug-likeness (QED) is 0.335. The largest absolute Gasteiger partial charge is 0.465 e. The predicted octanol–water partition coefficient (Wildman–Crippen LogP) is 3.31. The maximum absolute atomic E-state index is 12.8. The number of hydrogen-bond donors (Lipinski definition) is 0. The van der Waals surface area contributed by atoms with Gasteiger partial charge in [0, 0.05) is 10.9 Å². The third kappa shape index (κ3) is 2.88. The van der Waals surface area contributed by atoms with Gasteiger partial charge in [-0.2, -0.15) is 0 Å². The number of alkyl halides is 3. The molecule has 1 aromatic heterocycles. The second kappa shape index (κ2) is 5.85. The highest BCUT2D eigenvalue weighted by Crippen LogP contribution is 2.27. The molecule has 16 heavy (non-hydrogen) atoms. The van der Waals surface area contributed by atoms with Crippen LogP contribution in [0.5, 0.6) is 0 Å². The smallest absolute Gasteiger partial charge is 0.341 e. The molecule has 0 aliphatic carbocycles. The monoisotopic (exact) mass is 405 g/mol. The molecule has 0 amide bonds. The number of esters is 1. The first kappa shape index (κ1) is 13.8. The van der Waals surface area contributed by atoms with Crippen LogP contribution in [0.15, 0.2) is 6.07 Å². The minimum absolute atomic E-state index is 0.164. The normalized spacial score (nSPS) is 10.6. The van der Waals surface area contributed by atoms with Crippen molar-refractivity contribution >= 4 is 44.5 Å². The Morgan fingerprint density at radius 3 is 2.75 bits per heavy atom. The zero-order chi connectivity index (χ0) is 12.3. The van der Waals surface area contributed by atoms with Crippen molar-refractivity contribution in [3.05, 3.63) is 26.6 Å². The fourth-order valence-electron chi connectivity index (χ4n) is 1.13. The number of halogens is 4.